The van der Waals surface area contributed by atoms with Crippen LogP contribution in [0, 0.1) is 0 Å². The molecule has 6 heteroatoms. The molecule has 0 radical (unpaired) electrons. The fourth-order valence-electron chi connectivity index (χ4n) is 5.35. The van der Waals surface area contributed by atoms with E-state index in [2.05, 4.69) is 72.3 Å². The Balaban J connectivity index is 1.42. The Morgan fingerprint density at radius 1 is 0.897 bits per heavy atom. The van der Waals surface area contributed by atoms with Crippen LogP contribution in [0.2, 0.25) is 0 Å². The fraction of sp³-hybridized carbons (Fsp3) is 0.455. The molecule has 210 valence electrons. The molecule has 0 saturated carbocycles. The molecule has 1 aliphatic carbocycles. The molecule has 1 atom stereocenters. The summed E-state index contributed by atoms with van der Waals surface area (Å²) in [5.74, 6) is 2.56. The van der Waals surface area contributed by atoms with Gasteiger partial charge in [-0.1, -0.05) is 24.3 Å². The SMILES string of the molecule is CCOCCN(C)CCOc1ccc(CN(CC)c2cc(OC)ccc2[C@@H]2CCc3cc(O)ccc3C2)cc1. The summed E-state index contributed by atoms with van der Waals surface area (Å²) in [5, 5.41) is 9.90. The number of hydrogen-bond donors (Lipinski definition) is 1. The molecular formula is C33H44N2O4. The molecule has 1 N–H and O–H groups in total. The Labute approximate surface area is 234 Å². The highest BCUT2D eigenvalue weighted by molar-refractivity contribution is 5.60. The minimum absolute atomic E-state index is 0.357. The molecule has 0 aromatic heterocycles. The van der Waals surface area contributed by atoms with Gasteiger partial charge in [0.25, 0.3) is 0 Å². The minimum Gasteiger partial charge on any atom is -0.508 e. The van der Waals surface area contributed by atoms with Gasteiger partial charge in [-0.3, -0.25) is 0 Å². The van der Waals surface area contributed by atoms with E-state index in [0.717, 1.165) is 70.2 Å². The average Bonchev–Trinajstić information content (AvgIpc) is 2.96. The van der Waals surface area contributed by atoms with Gasteiger partial charge in [0.1, 0.15) is 23.9 Å². The number of fused-ring (bicyclic) bond motifs is 1. The van der Waals surface area contributed by atoms with Crippen LogP contribution in [0.5, 0.6) is 17.2 Å². The third-order valence-corrected chi connectivity index (χ3v) is 7.68. The van der Waals surface area contributed by atoms with Crippen molar-refractivity contribution < 1.29 is 19.3 Å². The molecule has 0 unspecified atom stereocenters. The molecule has 39 heavy (non-hydrogen) atoms. The lowest BCUT2D eigenvalue weighted by atomic mass is 9.79. The van der Waals surface area contributed by atoms with E-state index in [0.29, 0.717) is 18.3 Å². The van der Waals surface area contributed by atoms with Gasteiger partial charge in [-0.2, -0.15) is 0 Å². The molecule has 0 spiro atoms. The van der Waals surface area contributed by atoms with Crippen LogP contribution in [0.1, 0.15) is 48.4 Å². The highest BCUT2D eigenvalue weighted by Crippen LogP contribution is 2.40. The lowest BCUT2D eigenvalue weighted by Gasteiger charge is -2.32. The van der Waals surface area contributed by atoms with E-state index >= 15 is 0 Å². The molecule has 0 bridgehead atoms. The van der Waals surface area contributed by atoms with Crippen LogP contribution in [-0.4, -0.2) is 63.6 Å². The molecule has 0 fully saturated rings. The average molecular weight is 533 g/mol. The lowest BCUT2D eigenvalue weighted by Crippen LogP contribution is -2.27. The third-order valence-electron chi connectivity index (χ3n) is 7.68. The van der Waals surface area contributed by atoms with E-state index in [-0.39, 0.29) is 0 Å². The van der Waals surface area contributed by atoms with Gasteiger partial charge in [0.2, 0.25) is 0 Å². The first-order chi connectivity index (χ1) is 19.0. The van der Waals surface area contributed by atoms with Crippen LogP contribution in [0.4, 0.5) is 5.69 Å². The number of rotatable bonds is 14. The zero-order valence-corrected chi connectivity index (χ0v) is 24.0. The van der Waals surface area contributed by atoms with Crippen molar-refractivity contribution in [3.8, 4) is 17.2 Å². The number of anilines is 1. The molecular weight excluding hydrogens is 488 g/mol. The lowest BCUT2D eigenvalue weighted by molar-refractivity contribution is 0.116. The van der Waals surface area contributed by atoms with Crippen LogP contribution < -0.4 is 14.4 Å². The highest BCUT2D eigenvalue weighted by Gasteiger charge is 2.24. The summed E-state index contributed by atoms with van der Waals surface area (Å²) in [4.78, 5) is 4.66. The first-order valence-corrected chi connectivity index (χ1v) is 14.2. The van der Waals surface area contributed by atoms with E-state index in [1.165, 1.54) is 27.9 Å². The number of hydrogen-bond acceptors (Lipinski definition) is 6. The van der Waals surface area contributed by atoms with Crippen molar-refractivity contribution in [3.05, 3.63) is 82.9 Å². The molecule has 0 saturated heterocycles. The van der Waals surface area contributed by atoms with Crippen molar-refractivity contribution >= 4 is 5.69 Å². The number of benzene rings is 3. The molecule has 4 rings (SSSR count). The summed E-state index contributed by atoms with van der Waals surface area (Å²) < 4.78 is 17.0. The first kappa shape index (κ1) is 28.8. The predicted octanol–water partition coefficient (Wildman–Crippen LogP) is 6.05. The summed E-state index contributed by atoms with van der Waals surface area (Å²) in [6.07, 6.45) is 3.04. The maximum Gasteiger partial charge on any atom is 0.120 e. The molecule has 0 heterocycles. The van der Waals surface area contributed by atoms with Crippen molar-refractivity contribution in [3.63, 3.8) is 0 Å². The molecule has 0 amide bonds. The van der Waals surface area contributed by atoms with Gasteiger partial charge in [-0.15, -0.1) is 0 Å². The Bertz CT molecular complexity index is 1180. The number of nitrogens with zero attached hydrogens (tertiary/aromatic N) is 2. The highest BCUT2D eigenvalue weighted by atomic mass is 16.5. The van der Waals surface area contributed by atoms with Crippen LogP contribution in [0.3, 0.4) is 0 Å². The number of phenols is 1. The number of aryl methyl sites for hydroxylation is 1. The topological polar surface area (TPSA) is 54.4 Å². The normalized spacial score (nSPS) is 14.7. The molecule has 0 aliphatic heterocycles. The summed E-state index contributed by atoms with van der Waals surface area (Å²) in [6.45, 7) is 9.87. The van der Waals surface area contributed by atoms with Crippen molar-refractivity contribution in [1.82, 2.24) is 4.90 Å². The Morgan fingerprint density at radius 3 is 2.41 bits per heavy atom. The van der Waals surface area contributed by atoms with Crippen LogP contribution in [-0.2, 0) is 24.1 Å². The monoisotopic (exact) mass is 532 g/mol. The van der Waals surface area contributed by atoms with Gasteiger partial charge >= 0.3 is 0 Å². The molecule has 3 aromatic rings. The standard InChI is InChI=1S/C33H44N2O4/c1-5-35(24-25-7-13-30(14-8-25)39-20-18-34(3)17-19-38-6-2)33-23-31(37-4)15-16-32(33)28-10-9-27-22-29(36)12-11-26(27)21-28/h7-8,11-16,22-23,28,36H,5-6,9-10,17-21,24H2,1-4H3/t28-/m1/s1. The second kappa shape index (κ2) is 14.2. The van der Waals surface area contributed by atoms with E-state index in [1.54, 1.807) is 7.11 Å². The quantitative estimate of drug-likeness (QED) is 0.255. The van der Waals surface area contributed by atoms with E-state index < -0.39 is 0 Å². The second-order valence-electron chi connectivity index (χ2n) is 10.3. The first-order valence-electron chi connectivity index (χ1n) is 14.2. The number of ether oxygens (including phenoxy) is 3. The smallest absolute Gasteiger partial charge is 0.120 e. The minimum atomic E-state index is 0.357. The van der Waals surface area contributed by atoms with Crippen molar-refractivity contribution in [2.45, 2.75) is 45.6 Å². The zero-order chi connectivity index (χ0) is 27.6. The van der Waals surface area contributed by atoms with Crippen LogP contribution >= 0.6 is 0 Å². The van der Waals surface area contributed by atoms with Gasteiger partial charge in [0.05, 0.1) is 13.7 Å². The zero-order valence-electron chi connectivity index (χ0n) is 24.0. The van der Waals surface area contributed by atoms with Gasteiger partial charge in [0.15, 0.2) is 0 Å². The van der Waals surface area contributed by atoms with E-state index in [9.17, 15) is 5.11 Å². The van der Waals surface area contributed by atoms with Crippen molar-refractivity contribution in [2.75, 3.05) is 58.5 Å². The Kier molecular flexibility index (Phi) is 10.5. The number of phenolic OH excluding ortho intramolecular Hbond substituents is 1. The molecule has 6 nitrogen and oxygen atoms in total. The summed E-state index contributed by atoms with van der Waals surface area (Å²) in [6, 6.07) is 20.8. The molecule has 3 aromatic carbocycles. The van der Waals surface area contributed by atoms with Crippen molar-refractivity contribution in [2.24, 2.45) is 0 Å². The fourth-order valence-corrected chi connectivity index (χ4v) is 5.35. The van der Waals surface area contributed by atoms with Crippen molar-refractivity contribution in [1.29, 1.82) is 0 Å². The number of aromatic hydroxyl groups is 1. The number of methoxy groups -OCH3 is 1. The molecule has 1 aliphatic rings. The number of likely N-dealkylation sites (N-methyl/N-ethyl adjacent to an activating group) is 1. The van der Waals surface area contributed by atoms with E-state index in [4.69, 9.17) is 14.2 Å². The van der Waals surface area contributed by atoms with E-state index in [1.807, 2.05) is 19.1 Å². The summed E-state index contributed by atoms with van der Waals surface area (Å²) in [5.41, 5.74) is 6.46. The summed E-state index contributed by atoms with van der Waals surface area (Å²) in [7, 11) is 3.82. The van der Waals surface area contributed by atoms with Gasteiger partial charge in [-0.05, 0) is 98.7 Å². The van der Waals surface area contributed by atoms with Crippen LogP contribution in [0.25, 0.3) is 0 Å². The van der Waals surface area contributed by atoms with Gasteiger partial charge in [-0.25, -0.2) is 0 Å². The second-order valence-corrected chi connectivity index (χ2v) is 10.3. The summed E-state index contributed by atoms with van der Waals surface area (Å²) >= 11 is 0. The Morgan fingerprint density at radius 2 is 1.67 bits per heavy atom. The largest absolute Gasteiger partial charge is 0.508 e. The predicted molar refractivity (Wildman–Crippen MR) is 159 cm³/mol. The van der Waals surface area contributed by atoms with Gasteiger partial charge in [0, 0.05) is 44.5 Å². The van der Waals surface area contributed by atoms with Crippen LogP contribution in [0.15, 0.2) is 60.7 Å². The maximum absolute atomic E-state index is 9.90. The third kappa shape index (κ3) is 7.90. The van der Waals surface area contributed by atoms with Gasteiger partial charge < -0.3 is 29.1 Å². The maximum atomic E-state index is 9.90. The Hall–Kier alpha value is -3.22.